The van der Waals surface area contributed by atoms with Crippen molar-refractivity contribution in [3.8, 4) is 11.5 Å². The number of nitrogens with zero attached hydrogens (tertiary/aromatic N) is 2. The molecule has 4 heteroatoms. The summed E-state index contributed by atoms with van der Waals surface area (Å²) >= 11 is 0. The van der Waals surface area contributed by atoms with Crippen molar-refractivity contribution < 1.29 is 9.47 Å². The molecule has 4 nitrogen and oxygen atoms in total. The van der Waals surface area contributed by atoms with E-state index >= 15 is 0 Å². The molecule has 0 bridgehead atoms. The molecule has 1 heterocycles. The molecule has 1 fully saturated rings. The lowest BCUT2D eigenvalue weighted by atomic mass is 9.94. The van der Waals surface area contributed by atoms with Crippen LogP contribution in [0.15, 0.2) is 30.4 Å². The molecule has 0 spiro atoms. The van der Waals surface area contributed by atoms with E-state index in [1.165, 1.54) is 44.5 Å². The summed E-state index contributed by atoms with van der Waals surface area (Å²) in [5.74, 6) is 2.54. The standard InChI is InChI=1S/C21H32N2O2/c1-3-25-21-15-19(9-10-20(21)24-2)17-23-13-11-22(12-14-23)16-18-7-5-4-6-8-18/h4-5,9-10,15,18H,3,6-8,11-14,16-17H2,1-2H3/t18-/m0/s1. The Morgan fingerprint density at radius 1 is 1.04 bits per heavy atom. The monoisotopic (exact) mass is 344 g/mol. The first-order valence-electron chi connectivity index (χ1n) is 9.68. The van der Waals surface area contributed by atoms with Crippen LogP contribution in [0.2, 0.25) is 0 Å². The maximum absolute atomic E-state index is 5.70. The van der Waals surface area contributed by atoms with Crippen LogP contribution in [0.25, 0.3) is 0 Å². The lowest BCUT2D eigenvalue weighted by Gasteiger charge is -2.36. The SMILES string of the molecule is CCOc1cc(CN2CCN(C[C@H]3CC=CCC3)CC2)ccc1OC. The van der Waals surface area contributed by atoms with E-state index in [-0.39, 0.29) is 0 Å². The quantitative estimate of drug-likeness (QED) is 0.706. The van der Waals surface area contributed by atoms with Crippen LogP contribution in [-0.2, 0) is 6.54 Å². The maximum atomic E-state index is 5.70. The molecule has 2 aliphatic rings. The zero-order chi connectivity index (χ0) is 17.5. The van der Waals surface area contributed by atoms with E-state index in [9.17, 15) is 0 Å². The molecule has 1 aliphatic heterocycles. The van der Waals surface area contributed by atoms with Crippen molar-refractivity contribution in [3.05, 3.63) is 35.9 Å². The second-order valence-electron chi connectivity index (χ2n) is 7.15. The van der Waals surface area contributed by atoms with Crippen molar-refractivity contribution in [2.75, 3.05) is 46.4 Å². The number of ether oxygens (including phenoxy) is 2. The lowest BCUT2D eigenvalue weighted by Crippen LogP contribution is -2.47. The van der Waals surface area contributed by atoms with Gasteiger partial charge >= 0.3 is 0 Å². The summed E-state index contributed by atoms with van der Waals surface area (Å²) < 4.78 is 11.1. The highest BCUT2D eigenvalue weighted by Gasteiger charge is 2.20. The molecule has 25 heavy (non-hydrogen) atoms. The molecule has 1 saturated heterocycles. The summed E-state index contributed by atoms with van der Waals surface area (Å²) in [6.45, 7) is 9.61. The number of rotatable bonds is 7. The number of methoxy groups -OCH3 is 1. The van der Waals surface area contributed by atoms with Gasteiger partial charge in [0.2, 0.25) is 0 Å². The minimum Gasteiger partial charge on any atom is -0.493 e. The Morgan fingerprint density at radius 2 is 1.84 bits per heavy atom. The Morgan fingerprint density at radius 3 is 2.52 bits per heavy atom. The van der Waals surface area contributed by atoms with Crippen LogP contribution in [0.4, 0.5) is 0 Å². The van der Waals surface area contributed by atoms with Gasteiger partial charge in [-0.3, -0.25) is 4.90 Å². The van der Waals surface area contributed by atoms with E-state index in [4.69, 9.17) is 9.47 Å². The summed E-state index contributed by atoms with van der Waals surface area (Å²) in [5.41, 5.74) is 1.30. The van der Waals surface area contributed by atoms with Gasteiger partial charge in [0.15, 0.2) is 11.5 Å². The molecule has 1 atom stereocenters. The highest BCUT2D eigenvalue weighted by molar-refractivity contribution is 5.42. The van der Waals surface area contributed by atoms with Gasteiger partial charge in [-0.25, -0.2) is 0 Å². The molecular weight excluding hydrogens is 312 g/mol. The predicted molar refractivity (Wildman–Crippen MR) is 102 cm³/mol. The van der Waals surface area contributed by atoms with Crippen LogP contribution < -0.4 is 9.47 Å². The third-order valence-corrected chi connectivity index (χ3v) is 5.29. The van der Waals surface area contributed by atoms with Gasteiger partial charge in [-0.1, -0.05) is 18.2 Å². The van der Waals surface area contributed by atoms with Crippen molar-refractivity contribution in [1.82, 2.24) is 9.80 Å². The number of hydrogen-bond acceptors (Lipinski definition) is 4. The molecule has 1 aliphatic carbocycles. The van der Waals surface area contributed by atoms with Gasteiger partial charge in [0, 0.05) is 39.3 Å². The van der Waals surface area contributed by atoms with Crippen molar-refractivity contribution in [2.45, 2.75) is 32.7 Å². The lowest BCUT2D eigenvalue weighted by molar-refractivity contribution is 0.111. The van der Waals surface area contributed by atoms with Crippen LogP contribution in [0.5, 0.6) is 11.5 Å². The van der Waals surface area contributed by atoms with Gasteiger partial charge in [-0.15, -0.1) is 0 Å². The van der Waals surface area contributed by atoms with Crippen LogP contribution in [-0.4, -0.2) is 56.2 Å². The molecule has 0 radical (unpaired) electrons. The zero-order valence-corrected chi connectivity index (χ0v) is 15.7. The Kier molecular flexibility index (Phi) is 6.76. The van der Waals surface area contributed by atoms with Crippen LogP contribution in [0.3, 0.4) is 0 Å². The van der Waals surface area contributed by atoms with Crippen molar-refractivity contribution in [3.63, 3.8) is 0 Å². The molecular formula is C21H32N2O2. The third-order valence-electron chi connectivity index (χ3n) is 5.29. The van der Waals surface area contributed by atoms with E-state index in [1.54, 1.807) is 7.11 Å². The number of allylic oxidation sites excluding steroid dienone is 2. The zero-order valence-electron chi connectivity index (χ0n) is 15.7. The minimum atomic E-state index is 0.662. The molecule has 1 aromatic rings. The van der Waals surface area contributed by atoms with Crippen molar-refractivity contribution >= 4 is 0 Å². The predicted octanol–water partition coefficient (Wildman–Crippen LogP) is 3.57. The van der Waals surface area contributed by atoms with Crippen molar-refractivity contribution in [2.24, 2.45) is 5.92 Å². The first kappa shape index (κ1) is 18.3. The molecule has 0 unspecified atom stereocenters. The Labute approximate surface area is 152 Å². The average Bonchev–Trinajstić information content (AvgIpc) is 2.65. The number of benzene rings is 1. The molecule has 3 rings (SSSR count). The highest BCUT2D eigenvalue weighted by Crippen LogP contribution is 2.28. The van der Waals surface area contributed by atoms with Gasteiger partial charge in [0.25, 0.3) is 0 Å². The topological polar surface area (TPSA) is 24.9 Å². The second-order valence-corrected chi connectivity index (χ2v) is 7.15. The fraction of sp³-hybridized carbons (Fsp3) is 0.619. The van der Waals surface area contributed by atoms with E-state index in [0.717, 1.165) is 37.1 Å². The summed E-state index contributed by atoms with van der Waals surface area (Å²) in [5, 5.41) is 0. The van der Waals surface area contributed by atoms with Gasteiger partial charge in [0.1, 0.15) is 0 Å². The van der Waals surface area contributed by atoms with E-state index < -0.39 is 0 Å². The summed E-state index contributed by atoms with van der Waals surface area (Å²) in [7, 11) is 1.69. The number of piperazine rings is 1. The molecule has 0 aromatic heterocycles. The third kappa shape index (κ3) is 5.23. The van der Waals surface area contributed by atoms with E-state index in [0.29, 0.717) is 6.61 Å². The van der Waals surface area contributed by atoms with Gasteiger partial charge in [-0.05, 0) is 49.8 Å². The van der Waals surface area contributed by atoms with Gasteiger partial charge < -0.3 is 14.4 Å². The Balaban J connectivity index is 1.48. The smallest absolute Gasteiger partial charge is 0.161 e. The molecule has 0 N–H and O–H groups in total. The normalized spacial score (nSPS) is 22.1. The minimum absolute atomic E-state index is 0.662. The van der Waals surface area contributed by atoms with Gasteiger partial charge in [-0.2, -0.15) is 0 Å². The molecule has 0 saturated carbocycles. The Hall–Kier alpha value is -1.52. The highest BCUT2D eigenvalue weighted by atomic mass is 16.5. The Bertz CT molecular complexity index is 565. The van der Waals surface area contributed by atoms with Crippen LogP contribution in [0, 0.1) is 5.92 Å². The fourth-order valence-electron chi connectivity index (χ4n) is 3.86. The van der Waals surface area contributed by atoms with Gasteiger partial charge in [0.05, 0.1) is 13.7 Å². The number of hydrogen-bond donors (Lipinski definition) is 0. The van der Waals surface area contributed by atoms with Crippen LogP contribution >= 0.6 is 0 Å². The second kappa shape index (κ2) is 9.25. The summed E-state index contributed by atoms with van der Waals surface area (Å²) in [6.07, 6.45) is 8.60. The maximum Gasteiger partial charge on any atom is 0.161 e. The molecule has 138 valence electrons. The fourth-order valence-corrected chi connectivity index (χ4v) is 3.86. The van der Waals surface area contributed by atoms with E-state index in [2.05, 4.69) is 34.1 Å². The first-order valence-corrected chi connectivity index (χ1v) is 9.68. The average molecular weight is 344 g/mol. The molecule has 1 aromatic carbocycles. The van der Waals surface area contributed by atoms with Crippen LogP contribution in [0.1, 0.15) is 31.7 Å². The summed E-state index contributed by atoms with van der Waals surface area (Å²) in [4.78, 5) is 5.20. The summed E-state index contributed by atoms with van der Waals surface area (Å²) in [6, 6.07) is 6.30. The largest absolute Gasteiger partial charge is 0.493 e. The molecule has 0 amide bonds. The van der Waals surface area contributed by atoms with E-state index in [1.807, 2.05) is 13.0 Å². The first-order chi connectivity index (χ1) is 12.3. The van der Waals surface area contributed by atoms with Crippen molar-refractivity contribution in [1.29, 1.82) is 0 Å².